The van der Waals surface area contributed by atoms with E-state index in [0.29, 0.717) is 17.1 Å². The molecule has 154 valence electrons. The number of hydrogen-bond donors (Lipinski definition) is 1. The fourth-order valence-corrected chi connectivity index (χ4v) is 3.21. The molecule has 0 saturated carbocycles. The van der Waals surface area contributed by atoms with E-state index >= 15 is 0 Å². The Morgan fingerprint density at radius 2 is 1.69 bits per heavy atom. The molecule has 1 unspecified atom stereocenters. The molecule has 1 N–H and O–H groups in total. The standard InChI is InChI=1S/C24H29ClN2O2/c1-6-15-27(17(2)28)22(19-9-13-21(25)14-10-19)23(29)26-16-18-7-11-20(12-8-18)24(3,4)5/h6-14,22H,1,15-16H2,2-5H3,(H,26,29). The molecule has 0 aliphatic rings. The predicted molar refractivity (Wildman–Crippen MR) is 119 cm³/mol. The molecule has 2 amide bonds. The zero-order valence-electron chi connectivity index (χ0n) is 17.5. The van der Waals surface area contributed by atoms with Crippen LogP contribution in [0.2, 0.25) is 5.02 Å². The van der Waals surface area contributed by atoms with Crippen molar-refractivity contribution in [1.29, 1.82) is 0 Å². The van der Waals surface area contributed by atoms with Gasteiger partial charge in [-0.1, -0.05) is 74.8 Å². The zero-order chi connectivity index (χ0) is 21.6. The first-order chi connectivity index (χ1) is 13.6. The number of amides is 2. The summed E-state index contributed by atoms with van der Waals surface area (Å²) in [4.78, 5) is 26.8. The van der Waals surface area contributed by atoms with Crippen LogP contribution in [0.5, 0.6) is 0 Å². The number of hydrogen-bond acceptors (Lipinski definition) is 2. The van der Waals surface area contributed by atoms with Gasteiger partial charge in [0.05, 0.1) is 0 Å². The van der Waals surface area contributed by atoms with Gasteiger partial charge in [0.15, 0.2) is 0 Å². The smallest absolute Gasteiger partial charge is 0.247 e. The second kappa shape index (κ2) is 9.75. The van der Waals surface area contributed by atoms with Gasteiger partial charge in [-0.25, -0.2) is 0 Å². The van der Waals surface area contributed by atoms with Crippen molar-refractivity contribution < 1.29 is 9.59 Å². The van der Waals surface area contributed by atoms with Gasteiger partial charge in [-0.3, -0.25) is 9.59 Å². The van der Waals surface area contributed by atoms with Crippen LogP contribution in [0.4, 0.5) is 0 Å². The fraction of sp³-hybridized carbons (Fsp3) is 0.333. The molecule has 0 aliphatic carbocycles. The molecule has 29 heavy (non-hydrogen) atoms. The molecular weight excluding hydrogens is 384 g/mol. The number of nitrogens with one attached hydrogen (secondary N) is 1. The van der Waals surface area contributed by atoms with Crippen LogP contribution in [0.1, 0.15) is 50.4 Å². The maximum absolute atomic E-state index is 13.1. The monoisotopic (exact) mass is 412 g/mol. The molecule has 0 heterocycles. The highest BCUT2D eigenvalue weighted by Crippen LogP contribution is 2.24. The van der Waals surface area contributed by atoms with E-state index in [2.05, 4.69) is 44.8 Å². The van der Waals surface area contributed by atoms with E-state index in [4.69, 9.17) is 11.6 Å². The van der Waals surface area contributed by atoms with Gasteiger partial charge in [-0.15, -0.1) is 6.58 Å². The van der Waals surface area contributed by atoms with Gasteiger partial charge in [0, 0.05) is 25.0 Å². The lowest BCUT2D eigenvalue weighted by Gasteiger charge is -2.29. The van der Waals surface area contributed by atoms with E-state index in [-0.39, 0.29) is 23.8 Å². The Hall–Kier alpha value is -2.59. The van der Waals surface area contributed by atoms with Crippen molar-refractivity contribution >= 4 is 23.4 Å². The summed E-state index contributed by atoms with van der Waals surface area (Å²) < 4.78 is 0. The molecule has 0 aliphatic heterocycles. The molecule has 0 fully saturated rings. The van der Waals surface area contributed by atoms with Crippen LogP contribution in [0.25, 0.3) is 0 Å². The van der Waals surface area contributed by atoms with Crippen molar-refractivity contribution in [2.45, 2.75) is 45.7 Å². The van der Waals surface area contributed by atoms with E-state index < -0.39 is 6.04 Å². The minimum absolute atomic E-state index is 0.0775. The Morgan fingerprint density at radius 3 is 2.17 bits per heavy atom. The zero-order valence-corrected chi connectivity index (χ0v) is 18.3. The first-order valence-corrected chi connectivity index (χ1v) is 10.0. The average Bonchev–Trinajstić information content (AvgIpc) is 2.67. The Labute approximate surface area is 178 Å². The molecule has 2 rings (SSSR count). The largest absolute Gasteiger partial charge is 0.350 e. The van der Waals surface area contributed by atoms with Crippen LogP contribution >= 0.6 is 11.6 Å². The third-order valence-corrected chi connectivity index (χ3v) is 5.01. The van der Waals surface area contributed by atoms with Gasteiger partial charge >= 0.3 is 0 Å². The van der Waals surface area contributed by atoms with Crippen molar-refractivity contribution in [2.24, 2.45) is 0 Å². The fourth-order valence-electron chi connectivity index (χ4n) is 3.08. The Morgan fingerprint density at radius 1 is 1.10 bits per heavy atom. The molecule has 4 nitrogen and oxygen atoms in total. The average molecular weight is 413 g/mol. The molecule has 0 spiro atoms. The second-order valence-corrected chi connectivity index (χ2v) is 8.52. The predicted octanol–water partition coefficient (Wildman–Crippen LogP) is 5.03. The van der Waals surface area contributed by atoms with E-state index in [1.54, 1.807) is 30.3 Å². The lowest BCUT2D eigenvalue weighted by Crippen LogP contribution is -2.42. The number of rotatable bonds is 7. The lowest BCUT2D eigenvalue weighted by molar-refractivity contribution is -0.138. The number of carbonyl (C=O) groups is 2. The van der Waals surface area contributed by atoms with E-state index in [0.717, 1.165) is 5.56 Å². The number of carbonyl (C=O) groups excluding carboxylic acids is 2. The topological polar surface area (TPSA) is 49.4 Å². The highest BCUT2D eigenvalue weighted by molar-refractivity contribution is 6.30. The minimum atomic E-state index is -0.753. The van der Waals surface area contributed by atoms with Crippen LogP contribution < -0.4 is 5.32 Å². The summed E-state index contributed by atoms with van der Waals surface area (Å²) in [5.41, 5.74) is 3.01. The molecule has 0 saturated heterocycles. The summed E-state index contributed by atoms with van der Waals surface area (Å²) in [6, 6.07) is 14.4. The van der Waals surface area contributed by atoms with Crippen LogP contribution in [0.15, 0.2) is 61.2 Å². The Balaban J connectivity index is 2.21. The van der Waals surface area contributed by atoms with E-state index in [9.17, 15) is 9.59 Å². The summed E-state index contributed by atoms with van der Waals surface area (Å²) in [7, 11) is 0. The third kappa shape index (κ3) is 6.20. The van der Waals surface area contributed by atoms with Crippen LogP contribution in [-0.2, 0) is 21.5 Å². The molecule has 0 radical (unpaired) electrons. The van der Waals surface area contributed by atoms with Gasteiger partial charge in [-0.05, 0) is 34.2 Å². The molecule has 2 aromatic rings. The van der Waals surface area contributed by atoms with E-state index in [1.807, 2.05) is 12.1 Å². The Kier molecular flexibility index (Phi) is 7.63. The van der Waals surface area contributed by atoms with Crippen molar-refractivity contribution in [3.8, 4) is 0 Å². The number of halogens is 1. The lowest BCUT2D eigenvalue weighted by atomic mass is 9.87. The normalized spacial score (nSPS) is 12.2. The van der Waals surface area contributed by atoms with Gasteiger partial charge in [0.25, 0.3) is 0 Å². The second-order valence-electron chi connectivity index (χ2n) is 8.08. The summed E-state index contributed by atoms with van der Waals surface area (Å²) >= 11 is 5.99. The quantitative estimate of drug-likeness (QED) is 0.648. The highest BCUT2D eigenvalue weighted by Gasteiger charge is 2.28. The van der Waals surface area contributed by atoms with Gasteiger partial charge in [0.1, 0.15) is 6.04 Å². The summed E-state index contributed by atoms with van der Waals surface area (Å²) in [6.45, 7) is 12.3. The molecule has 0 bridgehead atoms. The van der Waals surface area contributed by atoms with Crippen LogP contribution in [-0.4, -0.2) is 23.3 Å². The van der Waals surface area contributed by atoms with Crippen molar-refractivity contribution in [2.75, 3.05) is 6.54 Å². The van der Waals surface area contributed by atoms with Gasteiger partial charge in [-0.2, -0.15) is 0 Å². The van der Waals surface area contributed by atoms with E-state index in [1.165, 1.54) is 17.4 Å². The molecule has 0 aromatic heterocycles. The summed E-state index contributed by atoms with van der Waals surface area (Å²) in [5.74, 6) is -0.446. The van der Waals surface area contributed by atoms with Gasteiger partial charge < -0.3 is 10.2 Å². The molecule has 5 heteroatoms. The molecule has 2 aromatic carbocycles. The molecule has 1 atom stereocenters. The maximum Gasteiger partial charge on any atom is 0.247 e. The SMILES string of the molecule is C=CCN(C(C)=O)C(C(=O)NCc1ccc(C(C)(C)C)cc1)c1ccc(Cl)cc1. The maximum atomic E-state index is 13.1. The third-order valence-electron chi connectivity index (χ3n) is 4.76. The van der Waals surface area contributed by atoms with Gasteiger partial charge in [0.2, 0.25) is 11.8 Å². The minimum Gasteiger partial charge on any atom is -0.350 e. The van der Waals surface area contributed by atoms with Crippen LogP contribution in [0.3, 0.4) is 0 Å². The first kappa shape index (κ1) is 22.7. The van der Waals surface area contributed by atoms with Crippen molar-refractivity contribution in [1.82, 2.24) is 10.2 Å². The van der Waals surface area contributed by atoms with Crippen molar-refractivity contribution in [3.63, 3.8) is 0 Å². The number of benzene rings is 2. The van der Waals surface area contributed by atoms with Crippen LogP contribution in [0, 0.1) is 0 Å². The first-order valence-electron chi connectivity index (χ1n) is 9.64. The summed E-state index contributed by atoms with van der Waals surface area (Å²) in [5, 5.41) is 3.54. The molecular formula is C24H29ClN2O2. The highest BCUT2D eigenvalue weighted by atomic mass is 35.5. The number of nitrogens with zero attached hydrogens (tertiary/aromatic N) is 1. The van der Waals surface area contributed by atoms with Crippen molar-refractivity contribution in [3.05, 3.63) is 82.9 Å². The Bertz CT molecular complexity index is 852. The summed E-state index contributed by atoms with van der Waals surface area (Å²) in [6.07, 6.45) is 1.61.